The van der Waals surface area contributed by atoms with E-state index in [0.717, 1.165) is 18.5 Å². The molecule has 6 heteroatoms. The Labute approximate surface area is 165 Å². The van der Waals surface area contributed by atoms with Gasteiger partial charge in [-0.2, -0.15) is 0 Å². The third kappa shape index (κ3) is 4.46. The number of aryl methyl sites for hydroxylation is 2. The molecule has 2 N–H and O–H groups in total. The van der Waals surface area contributed by atoms with E-state index >= 15 is 0 Å². The summed E-state index contributed by atoms with van der Waals surface area (Å²) in [6.07, 6.45) is 4.89. The predicted octanol–water partition coefficient (Wildman–Crippen LogP) is 4.61. The second kappa shape index (κ2) is 8.99. The fraction of sp³-hybridized carbons (Fsp3) is 0.227. The summed E-state index contributed by atoms with van der Waals surface area (Å²) in [6.45, 7) is 4.25. The van der Waals surface area contributed by atoms with Crippen LogP contribution < -0.4 is 15.4 Å². The fourth-order valence-corrected chi connectivity index (χ4v) is 2.94. The number of hydrogen-bond donors (Lipinski definition) is 2. The third-order valence-corrected chi connectivity index (χ3v) is 4.46. The average molecular weight is 376 g/mol. The van der Waals surface area contributed by atoms with Crippen molar-refractivity contribution in [2.75, 3.05) is 17.7 Å². The highest BCUT2D eigenvalue weighted by Gasteiger charge is 2.11. The van der Waals surface area contributed by atoms with Gasteiger partial charge in [0.15, 0.2) is 0 Å². The molecule has 28 heavy (non-hydrogen) atoms. The van der Waals surface area contributed by atoms with Crippen molar-refractivity contribution in [3.63, 3.8) is 0 Å². The van der Waals surface area contributed by atoms with Crippen LogP contribution in [-0.4, -0.2) is 23.0 Å². The van der Waals surface area contributed by atoms with Crippen LogP contribution in [0.1, 0.15) is 35.5 Å². The van der Waals surface area contributed by atoms with E-state index in [-0.39, 0.29) is 11.6 Å². The molecule has 0 radical (unpaired) electrons. The number of amides is 1. The first kappa shape index (κ1) is 19.4. The highest BCUT2D eigenvalue weighted by atomic mass is 16.5. The van der Waals surface area contributed by atoms with Crippen molar-refractivity contribution in [2.45, 2.75) is 26.7 Å². The number of rotatable bonds is 7. The lowest BCUT2D eigenvalue weighted by molar-refractivity contribution is 0.102. The molecular weight excluding hydrogens is 352 g/mol. The van der Waals surface area contributed by atoms with Gasteiger partial charge in [0.25, 0.3) is 5.91 Å². The molecule has 0 aliphatic heterocycles. The van der Waals surface area contributed by atoms with Crippen LogP contribution in [0.4, 0.5) is 17.2 Å². The monoisotopic (exact) mass is 376 g/mol. The van der Waals surface area contributed by atoms with E-state index in [1.807, 2.05) is 12.1 Å². The minimum Gasteiger partial charge on any atom is -0.497 e. The summed E-state index contributed by atoms with van der Waals surface area (Å²) in [5, 5.41) is 6.15. The lowest BCUT2D eigenvalue weighted by atomic mass is 10.0. The molecule has 1 aromatic heterocycles. The van der Waals surface area contributed by atoms with Crippen molar-refractivity contribution in [2.24, 2.45) is 0 Å². The van der Waals surface area contributed by atoms with E-state index in [4.69, 9.17) is 4.74 Å². The van der Waals surface area contributed by atoms with Crippen LogP contribution in [0.5, 0.6) is 5.75 Å². The van der Waals surface area contributed by atoms with Gasteiger partial charge in [0.1, 0.15) is 17.3 Å². The van der Waals surface area contributed by atoms with Crippen LogP contribution in [0.2, 0.25) is 0 Å². The molecule has 0 aliphatic rings. The Morgan fingerprint density at radius 1 is 1.00 bits per heavy atom. The standard InChI is InChI=1S/C22H24N4O2/c1-4-15-8-6-9-16(5-2)21(15)26-20-14-23-19(13-24-20)22(27)25-17-10-7-11-18(12-17)28-3/h6-14H,4-5H2,1-3H3,(H,24,26)(H,25,27). The van der Waals surface area contributed by atoms with E-state index in [1.165, 1.54) is 17.3 Å². The number of carbonyl (C=O) groups excluding carboxylic acids is 1. The molecule has 6 nitrogen and oxygen atoms in total. The SMILES string of the molecule is CCc1cccc(CC)c1Nc1cnc(C(=O)Nc2cccc(OC)c2)cn1. The number of benzene rings is 2. The number of aromatic nitrogens is 2. The summed E-state index contributed by atoms with van der Waals surface area (Å²) in [7, 11) is 1.58. The minimum atomic E-state index is -0.324. The van der Waals surface area contributed by atoms with E-state index in [9.17, 15) is 4.79 Å². The first-order valence-corrected chi connectivity index (χ1v) is 9.29. The predicted molar refractivity (Wildman–Crippen MR) is 111 cm³/mol. The van der Waals surface area contributed by atoms with Gasteiger partial charge in [-0.15, -0.1) is 0 Å². The number of ether oxygens (including phenoxy) is 1. The molecule has 0 bridgehead atoms. The molecule has 0 aliphatic carbocycles. The van der Waals surface area contributed by atoms with Gasteiger partial charge in [-0.25, -0.2) is 9.97 Å². The summed E-state index contributed by atoms with van der Waals surface area (Å²) >= 11 is 0. The first-order valence-electron chi connectivity index (χ1n) is 9.29. The zero-order valence-electron chi connectivity index (χ0n) is 16.3. The molecule has 0 saturated heterocycles. The highest BCUT2D eigenvalue weighted by Crippen LogP contribution is 2.25. The first-order chi connectivity index (χ1) is 13.6. The molecule has 1 amide bonds. The number of para-hydroxylation sites is 1. The Hall–Kier alpha value is -3.41. The van der Waals surface area contributed by atoms with Gasteiger partial charge < -0.3 is 15.4 Å². The number of hydrogen-bond acceptors (Lipinski definition) is 5. The van der Waals surface area contributed by atoms with Gasteiger partial charge in [0.2, 0.25) is 0 Å². The number of nitrogens with zero attached hydrogens (tertiary/aromatic N) is 2. The van der Waals surface area contributed by atoms with E-state index in [1.54, 1.807) is 25.4 Å². The van der Waals surface area contributed by atoms with Crippen LogP contribution in [0, 0.1) is 0 Å². The molecular formula is C22H24N4O2. The Morgan fingerprint density at radius 2 is 1.71 bits per heavy atom. The van der Waals surface area contributed by atoms with Crippen molar-refractivity contribution in [3.8, 4) is 5.75 Å². The molecule has 0 fully saturated rings. The summed E-state index contributed by atoms with van der Waals surface area (Å²) < 4.78 is 5.16. The third-order valence-electron chi connectivity index (χ3n) is 4.46. The molecule has 0 unspecified atom stereocenters. The zero-order chi connectivity index (χ0) is 19.9. The lowest BCUT2D eigenvalue weighted by Crippen LogP contribution is -2.14. The van der Waals surface area contributed by atoms with Gasteiger partial charge in [-0.1, -0.05) is 38.1 Å². The van der Waals surface area contributed by atoms with E-state index in [2.05, 4.69) is 52.6 Å². The number of methoxy groups -OCH3 is 1. The van der Waals surface area contributed by atoms with Gasteiger partial charge in [0.05, 0.1) is 19.5 Å². The Kier molecular flexibility index (Phi) is 6.22. The molecule has 1 heterocycles. The van der Waals surface area contributed by atoms with E-state index in [0.29, 0.717) is 17.3 Å². The largest absolute Gasteiger partial charge is 0.497 e. The average Bonchev–Trinajstić information content (AvgIpc) is 2.74. The quantitative estimate of drug-likeness (QED) is 0.630. The lowest BCUT2D eigenvalue weighted by Gasteiger charge is -2.14. The molecule has 2 aromatic carbocycles. The van der Waals surface area contributed by atoms with Crippen molar-refractivity contribution in [3.05, 3.63) is 71.7 Å². The molecule has 0 spiro atoms. The second-order valence-corrected chi connectivity index (χ2v) is 6.26. The van der Waals surface area contributed by atoms with Gasteiger partial charge in [-0.05, 0) is 36.1 Å². The summed E-state index contributed by atoms with van der Waals surface area (Å²) in [4.78, 5) is 21.0. The molecule has 3 rings (SSSR count). The number of carbonyl (C=O) groups is 1. The highest BCUT2D eigenvalue weighted by molar-refractivity contribution is 6.02. The maximum absolute atomic E-state index is 12.4. The van der Waals surface area contributed by atoms with Crippen LogP contribution in [0.25, 0.3) is 0 Å². The molecule has 0 atom stereocenters. The maximum atomic E-state index is 12.4. The Morgan fingerprint density at radius 3 is 2.32 bits per heavy atom. The molecule has 144 valence electrons. The van der Waals surface area contributed by atoms with Gasteiger partial charge >= 0.3 is 0 Å². The topological polar surface area (TPSA) is 76.1 Å². The van der Waals surface area contributed by atoms with Crippen LogP contribution in [0.3, 0.4) is 0 Å². The van der Waals surface area contributed by atoms with Gasteiger partial charge in [0, 0.05) is 17.4 Å². The van der Waals surface area contributed by atoms with Crippen LogP contribution in [-0.2, 0) is 12.8 Å². The molecule has 0 saturated carbocycles. The Balaban J connectivity index is 1.74. The van der Waals surface area contributed by atoms with Crippen molar-refractivity contribution >= 4 is 23.1 Å². The van der Waals surface area contributed by atoms with Crippen molar-refractivity contribution < 1.29 is 9.53 Å². The van der Waals surface area contributed by atoms with E-state index < -0.39 is 0 Å². The second-order valence-electron chi connectivity index (χ2n) is 6.26. The van der Waals surface area contributed by atoms with Crippen LogP contribution >= 0.6 is 0 Å². The maximum Gasteiger partial charge on any atom is 0.275 e. The van der Waals surface area contributed by atoms with Gasteiger partial charge in [-0.3, -0.25) is 4.79 Å². The summed E-state index contributed by atoms with van der Waals surface area (Å²) in [5.41, 5.74) is 4.39. The summed E-state index contributed by atoms with van der Waals surface area (Å²) in [5.74, 6) is 0.953. The summed E-state index contributed by atoms with van der Waals surface area (Å²) in [6, 6.07) is 13.4. The number of nitrogens with one attached hydrogen (secondary N) is 2. The minimum absolute atomic E-state index is 0.243. The fourth-order valence-electron chi connectivity index (χ4n) is 2.94. The zero-order valence-corrected chi connectivity index (χ0v) is 16.3. The van der Waals surface area contributed by atoms with Crippen LogP contribution in [0.15, 0.2) is 54.9 Å². The van der Waals surface area contributed by atoms with Crippen molar-refractivity contribution in [1.29, 1.82) is 0 Å². The Bertz CT molecular complexity index is 933. The smallest absolute Gasteiger partial charge is 0.275 e. The molecule has 3 aromatic rings. The normalized spacial score (nSPS) is 10.4. The van der Waals surface area contributed by atoms with Crippen molar-refractivity contribution in [1.82, 2.24) is 9.97 Å². The number of anilines is 3.